The Bertz CT molecular complexity index is 684. The summed E-state index contributed by atoms with van der Waals surface area (Å²) in [5, 5.41) is 0. The van der Waals surface area contributed by atoms with E-state index in [0.29, 0.717) is 13.0 Å². The first-order valence-corrected chi connectivity index (χ1v) is 8.77. The molecule has 0 spiro atoms. The second-order valence-corrected chi connectivity index (χ2v) is 8.31. The molecule has 0 bridgehead atoms. The van der Waals surface area contributed by atoms with Crippen molar-refractivity contribution in [3.63, 3.8) is 0 Å². The van der Waals surface area contributed by atoms with E-state index in [1.54, 1.807) is 4.68 Å². The summed E-state index contributed by atoms with van der Waals surface area (Å²) in [7, 11) is -3.08. The summed E-state index contributed by atoms with van der Waals surface area (Å²) in [6.07, 6.45) is 0.455. The summed E-state index contributed by atoms with van der Waals surface area (Å²) in [5.41, 5.74) is 6.04. The van der Waals surface area contributed by atoms with Crippen LogP contribution in [0.15, 0.2) is 4.79 Å². The number of nitrogen functional groups attached to an aromatic ring is 1. The summed E-state index contributed by atoms with van der Waals surface area (Å²) in [5.74, 6) is 0.244. The molecule has 1 aliphatic heterocycles. The SMILES string of the molecule is CCn1c(C(C)C)c(N)c(=O)n1C1(C)CCS(=O)(=O)C1. The molecule has 1 saturated heterocycles. The summed E-state index contributed by atoms with van der Waals surface area (Å²) in [6.45, 7) is 8.32. The summed E-state index contributed by atoms with van der Waals surface area (Å²) >= 11 is 0. The Morgan fingerprint density at radius 3 is 2.40 bits per heavy atom. The Morgan fingerprint density at radius 1 is 1.40 bits per heavy atom. The van der Waals surface area contributed by atoms with Crippen LogP contribution in [0.3, 0.4) is 0 Å². The molecular formula is C13H23N3O3S. The monoisotopic (exact) mass is 301 g/mol. The number of nitrogens with zero attached hydrogens (tertiary/aromatic N) is 2. The van der Waals surface area contributed by atoms with Crippen molar-refractivity contribution in [2.24, 2.45) is 0 Å². The van der Waals surface area contributed by atoms with E-state index in [9.17, 15) is 13.2 Å². The van der Waals surface area contributed by atoms with Crippen molar-refractivity contribution in [3.05, 3.63) is 16.0 Å². The number of aromatic nitrogens is 2. The van der Waals surface area contributed by atoms with Crippen molar-refractivity contribution in [1.82, 2.24) is 9.36 Å². The fraction of sp³-hybridized carbons (Fsp3) is 0.769. The highest BCUT2D eigenvalue weighted by atomic mass is 32.2. The summed E-state index contributed by atoms with van der Waals surface area (Å²) in [6, 6.07) is 0. The zero-order chi connectivity index (χ0) is 15.3. The molecule has 0 amide bonds. The molecular weight excluding hydrogens is 278 g/mol. The van der Waals surface area contributed by atoms with E-state index < -0.39 is 15.4 Å². The quantitative estimate of drug-likeness (QED) is 0.899. The van der Waals surface area contributed by atoms with Crippen molar-refractivity contribution in [1.29, 1.82) is 0 Å². The molecule has 0 radical (unpaired) electrons. The third-order valence-corrected chi connectivity index (χ3v) is 5.95. The predicted octanol–water partition coefficient (Wildman–Crippen LogP) is 0.909. The highest BCUT2D eigenvalue weighted by molar-refractivity contribution is 7.91. The summed E-state index contributed by atoms with van der Waals surface area (Å²) < 4.78 is 27.0. The zero-order valence-corrected chi connectivity index (χ0v) is 13.3. The van der Waals surface area contributed by atoms with E-state index >= 15 is 0 Å². The number of hydrogen-bond acceptors (Lipinski definition) is 4. The van der Waals surface area contributed by atoms with Crippen LogP contribution in [0.2, 0.25) is 0 Å². The minimum atomic E-state index is -3.08. The Kier molecular flexibility index (Phi) is 3.52. The van der Waals surface area contributed by atoms with Gasteiger partial charge in [0.15, 0.2) is 9.84 Å². The number of rotatable bonds is 3. The maximum Gasteiger partial charge on any atom is 0.290 e. The van der Waals surface area contributed by atoms with E-state index in [4.69, 9.17) is 5.73 Å². The minimum Gasteiger partial charge on any atom is -0.393 e. The topological polar surface area (TPSA) is 87.1 Å². The molecule has 0 aromatic carbocycles. The lowest BCUT2D eigenvalue weighted by molar-refractivity contribution is 0.264. The Labute approximate surface area is 119 Å². The van der Waals surface area contributed by atoms with Gasteiger partial charge in [0.25, 0.3) is 5.56 Å². The van der Waals surface area contributed by atoms with Gasteiger partial charge in [-0.25, -0.2) is 13.1 Å². The van der Waals surface area contributed by atoms with Crippen molar-refractivity contribution in [3.8, 4) is 0 Å². The van der Waals surface area contributed by atoms with Gasteiger partial charge in [0, 0.05) is 6.54 Å². The van der Waals surface area contributed by atoms with Crippen LogP contribution in [0.1, 0.15) is 45.7 Å². The van der Waals surface area contributed by atoms with Crippen LogP contribution in [0.5, 0.6) is 0 Å². The highest BCUT2D eigenvalue weighted by Gasteiger charge is 2.43. The predicted molar refractivity (Wildman–Crippen MR) is 79.8 cm³/mol. The second kappa shape index (κ2) is 4.65. The lowest BCUT2D eigenvalue weighted by Crippen LogP contribution is -2.42. The maximum atomic E-state index is 12.5. The minimum absolute atomic E-state index is 0.000888. The molecule has 1 fully saturated rings. The molecule has 1 aromatic rings. The van der Waals surface area contributed by atoms with Crippen LogP contribution in [0.4, 0.5) is 5.69 Å². The normalized spacial score (nSPS) is 25.4. The fourth-order valence-electron chi connectivity index (χ4n) is 3.20. The molecule has 6 nitrogen and oxygen atoms in total. The third kappa shape index (κ3) is 2.17. The van der Waals surface area contributed by atoms with Gasteiger partial charge in [-0.3, -0.25) is 9.48 Å². The zero-order valence-electron chi connectivity index (χ0n) is 12.5. The van der Waals surface area contributed by atoms with Crippen molar-refractivity contribution >= 4 is 15.5 Å². The van der Waals surface area contributed by atoms with E-state index in [0.717, 1.165) is 5.69 Å². The van der Waals surface area contributed by atoms with E-state index in [1.165, 1.54) is 0 Å². The first kappa shape index (κ1) is 15.2. The molecule has 1 atom stereocenters. The van der Waals surface area contributed by atoms with Gasteiger partial charge in [-0.05, 0) is 26.2 Å². The molecule has 1 unspecified atom stereocenters. The van der Waals surface area contributed by atoms with E-state index in [-0.39, 0.29) is 28.7 Å². The van der Waals surface area contributed by atoms with E-state index in [1.807, 2.05) is 32.4 Å². The molecule has 2 N–H and O–H groups in total. The molecule has 114 valence electrons. The Morgan fingerprint density at radius 2 is 2.00 bits per heavy atom. The Balaban J connectivity index is 2.70. The molecule has 0 saturated carbocycles. The van der Waals surface area contributed by atoms with Gasteiger partial charge >= 0.3 is 0 Å². The van der Waals surface area contributed by atoms with Gasteiger partial charge in [-0.1, -0.05) is 13.8 Å². The van der Waals surface area contributed by atoms with Gasteiger partial charge in [-0.2, -0.15) is 0 Å². The number of anilines is 1. The van der Waals surface area contributed by atoms with Crippen molar-refractivity contribution in [2.45, 2.75) is 52.1 Å². The van der Waals surface area contributed by atoms with Crippen LogP contribution in [0, 0.1) is 0 Å². The Hall–Kier alpha value is -1.24. The molecule has 7 heteroatoms. The molecule has 2 rings (SSSR count). The van der Waals surface area contributed by atoms with Gasteiger partial charge in [0.1, 0.15) is 5.69 Å². The van der Waals surface area contributed by atoms with Gasteiger partial charge in [0.2, 0.25) is 0 Å². The average Bonchev–Trinajstić information content (AvgIpc) is 2.75. The van der Waals surface area contributed by atoms with Gasteiger partial charge in [0.05, 0.1) is 22.7 Å². The standard InChI is InChI=1S/C13H23N3O3S/c1-5-15-11(9(2)3)10(14)12(17)16(15)13(4)6-7-20(18,19)8-13/h9H,5-8,14H2,1-4H3. The molecule has 20 heavy (non-hydrogen) atoms. The molecule has 0 aliphatic carbocycles. The average molecular weight is 301 g/mol. The second-order valence-electron chi connectivity index (χ2n) is 6.13. The summed E-state index contributed by atoms with van der Waals surface area (Å²) in [4.78, 5) is 12.5. The highest BCUT2D eigenvalue weighted by Crippen LogP contribution is 2.32. The number of hydrogen-bond donors (Lipinski definition) is 1. The molecule has 2 heterocycles. The fourth-order valence-corrected chi connectivity index (χ4v) is 5.31. The number of sulfone groups is 1. The first-order chi connectivity index (χ1) is 9.13. The van der Waals surface area contributed by atoms with Crippen molar-refractivity contribution < 1.29 is 8.42 Å². The third-order valence-electron chi connectivity index (χ3n) is 4.06. The lowest BCUT2D eigenvalue weighted by Gasteiger charge is -2.28. The largest absolute Gasteiger partial charge is 0.393 e. The first-order valence-electron chi connectivity index (χ1n) is 6.95. The van der Waals surface area contributed by atoms with Crippen LogP contribution < -0.4 is 11.3 Å². The lowest BCUT2D eigenvalue weighted by atomic mass is 10.0. The van der Waals surface area contributed by atoms with E-state index in [2.05, 4.69) is 0 Å². The molecule has 1 aromatic heterocycles. The van der Waals surface area contributed by atoms with Gasteiger partial charge in [-0.15, -0.1) is 0 Å². The number of nitrogens with two attached hydrogens (primary N) is 1. The molecule has 1 aliphatic rings. The van der Waals surface area contributed by atoms with Crippen LogP contribution >= 0.6 is 0 Å². The van der Waals surface area contributed by atoms with Crippen molar-refractivity contribution in [2.75, 3.05) is 17.2 Å². The van der Waals surface area contributed by atoms with Crippen LogP contribution in [-0.4, -0.2) is 29.3 Å². The van der Waals surface area contributed by atoms with Gasteiger partial charge < -0.3 is 5.73 Å². The van der Waals surface area contributed by atoms with Crippen LogP contribution in [-0.2, 0) is 21.9 Å². The smallest absolute Gasteiger partial charge is 0.290 e. The maximum absolute atomic E-state index is 12.5. The van der Waals surface area contributed by atoms with Crippen LogP contribution in [0.25, 0.3) is 0 Å².